The van der Waals surface area contributed by atoms with Crippen molar-refractivity contribution in [1.29, 1.82) is 0 Å². The van der Waals surface area contributed by atoms with Crippen molar-refractivity contribution in [3.8, 4) is 33.4 Å². The van der Waals surface area contributed by atoms with Crippen LogP contribution in [0.1, 0.15) is 25.0 Å². The van der Waals surface area contributed by atoms with E-state index in [2.05, 4.69) is 195 Å². The fourth-order valence-corrected chi connectivity index (χ4v) is 10.9. The molecule has 10 aromatic rings. The summed E-state index contributed by atoms with van der Waals surface area (Å²) in [5.74, 6) is 0. The van der Waals surface area contributed by atoms with E-state index in [0.717, 1.165) is 11.4 Å². The van der Waals surface area contributed by atoms with Gasteiger partial charge in [0.2, 0.25) is 0 Å². The number of thiophene rings is 2. The van der Waals surface area contributed by atoms with E-state index >= 15 is 0 Å². The molecule has 2 aromatic heterocycles. The third kappa shape index (κ3) is 4.89. The molecule has 11 rings (SSSR count). The topological polar surface area (TPSA) is 3.24 Å². The van der Waals surface area contributed by atoms with E-state index in [1.807, 2.05) is 22.7 Å². The molecule has 0 radical (unpaired) electrons. The highest BCUT2D eigenvalue weighted by atomic mass is 32.1. The van der Waals surface area contributed by atoms with E-state index in [4.69, 9.17) is 0 Å². The number of nitrogens with zero attached hydrogens (tertiary/aromatic N) is 1. The summed E-state index contributed by atoms with van der Waals surface area (Å²) < 4.78 is 5.32. The van der Waals surface area contributed by atoms with Gasteiger partial charge in [0.05, 0.1) is 0 Å². The third-order valence-corrected chi connectivity index (χ3v) is 13.8. The van der Waals surface area contributed by atoms with E-state index in [1.54, 1.807) is 0 Å². The van der Waals surface area contributed by atoms with Crippen molar-refractivity contribution >= 4 is 80.1 Å². The standard InChI is InChI=1S/C51H35NS2/c1-51(2)45-14-8-6-12-39(45)40-25-23-38(31-46(40)51)52(36-10-4-3-5-11-36)37-21-16-32(17-22-37)33-19-26-48-43(28-33)44-29-34(20-27-49(44)53-48)35-18-24-42-41-13-7-9-15-47(41)54-50(42)30-35/h3-31H,1-2H3. The van der Waals surface area contributed by atoms with Crippen molar-refractivity contribution in [3.05, 3.63) is 187 Å². The number of hydrogen-bond donors (Lipinski definition) is 0. The number of fused-ring (bicyclic) bond motifs is 9. The van der Waals surface area contributed by atoms with Crippen LogP contribution in [0.15, 0.2) is 176 Å². The Morgan fingerprint density at radius 3 is 1.69 bits per heavy atom. The Labute approximate surface area is 323 Å². The first-order valence-electron chi connectivity index (χ1n) is 18.6. The molecule has 54 heavy (non-hydrogen) atoms. The summed E-state index contributed by atoms with van der Waals surface area (Å²) in [5, 5.41) is 5.31. The van der Waals surface area contributed by atoms with Crippen LogP contribution in [0, 0.1) is 0 Å². The number of anilines is 3. The maximum atomic E-state index is 2.40. The zero-order valence-corrected chi connectivity index (χ0v) is 31.6. The van der Waals surface area contributed by atoms with Crippen LogP contribution < -0.4 is 4.90 Å². The number of rotatable bonds is 5. The van der Waals surface area contributed by atoms with Crippen molar-refractivity contribution in [3.63, 3.8) is 0 Å². The molecule has 0 saturated heterocycles. The minimum absolute atomic E-state index is 0.0633. The van der Waals surface area contributed by atoms with Gasteiger partial charge >= 0.3 is 0 Å². The van der Waals surface area contributed by atoms with Gasteiger partial charge < -0.3 is 4.90 Å². The molecule has 8 aromatic carbocycles. The molecule has 0 bridgehead atoms. The third-order valence-electron chi connectivity index (χ3n) is 11.5. The monoisotopic (exact) mass is 725 g/mol. The second-order valence-corrected chi connectivity index (χ2v) is 17.1. The fourth-order valence-electron chi connectivity index (χ4n) is 8.70. The zero-order valence-electron chi connectivity index (χ0n) is 30.0. The molecular formula is C51H35NS2. The minimum atomic E-state index is -0.0633. The zero-order chi connectivity index (χ0) is 36.0. The van der Waals surface area contributed by atoms with Crippen LogP contribution in [-0.2, 0) is 5.41 Å². The van der Waals surface area contributed by atoms with Gasteiger partial charge in [0, 0.05) is 62.8 Å². The first-order chi connectivity index (χ1) is 26.5. The molecule has 2 heterocycles. The Bertz CT molecular complexity index is 3070. The first-order valence-corrected chi connectivity index (χ1v) is 20.2. The average Bonchev–Trinajstić information content (AvgIpc) is 3.85. The van der Waals surface area contributed by atoms with E-state index in [9.17, 15) is 0 Å². The van der Waals surface area contributed by atoms with Crippen LogP contribution in [0.2, 0.25) is 0 Å². The van der Waals surface area contributed by atoms with Gasteiger partial charge in [-0.2, -0.15) is 0 Å². The van der Waals surface area contributed by atoms with E-state index in [-0.39, 0.29) is 5.41 Å². The normalized spacial score (nSPS) is 13.1. The average molecular weight is 726 g/mol. The first kappa shape index (κ1) is 31.5. The Hall–Kier alpha value is -6.00. The predicted octanol–water partition coefficient (Wildman–Crippen LogP) is 15.5. The summed E-state index contributed by atoms with van der Waals surface area (Å²) in [6.07, 6.45) is 0. The summed E-state index contributed by atoms with van der Waals surface area (Å²) in [6, 6.07) is 65.3. The summed E-state index contributed by atoms with van der Waals surface area (Å²) in [4.78, 5) is 2.39. The molecule has 0 unspecified atom stereocenters. The Balaban J connectivity index is 0.959. The van der Waals surface area contributed by atoms with Gasteiger partial charge in [-0.3, -0.25) is 0 Å². The van der Waals surface area contributed by atoms with Crippen LogP contribution in [0.5, 0.6) is 0 Å². The second-order valence-electron chi connectivity index (χ2n) is 15.0. The highest BCUT2D eigenvalue weighted by Crippen LogP contribution is 2.51. The highest BCUT2D eigenvalue weighted by molar-refractivity contribution is 7.26. The molecule has 3 heteroatoms. The van der Waals surface area contributed by atoms with Gasteiger partial charge in [-0.25, -0.2) is 0 Å². The predicted molar refractivity (Wildman–Crippen MR) is 235 cm³/mol. The molecule has 1 nitrogen and oxygen atoms in total. The smallest absolute Gasteiger partial charge is 0.0465 e. The van der Waals surface area contributed by atoms with Gasteiger partial charge in [0.25, 0.3) is 0 Å². The molecule has 1 aliphatic rings. The van der Waals surface area contributed by atoms with Crippen molar-refractivity contribution in [2.45, 2.75) is 19.3 Å². The summed E-state index contributed by atoms with van der Waals surface area (Å²) in [6.45, 7) is 4.70. The maximum Gasteiger partial charge on any atom is 0.0465 e. The lowest BCUT2D eigenvalue weighted by molar-refractivity contribution is 0.660. The summed E-state index contributed by atoms with van der Waals surface area (Å²) >= 11 is 3.76. The van der Waals surface area contributed by atoms with E-state index < -0.39 is 0 Å². The quantitative estimate of drug-likeness (QED) is 0.171. The highest BCUT2D eigenvalue weighted by Gasteiger charge is 2.35. The SMILES string of the molecule is CC1(C)c2ccccc2-c2ccc(N(c3ccccc3)c3ccc(-c4ccc5sc6ccc(-c7ccc8c(c7)sc7ccccc78)cc6c5c4)cc3)cc21. The molecule has 0 aliphatic heterocycles. The lowest BCUT2D eigenvalue weighted by Crippen LogP contribution is -2.16. The molecule has 256 valence electrons. The van der Waals surface area contributed by atoms with Crippen LogP contribution in [0.3, 0.4) is 0 Å². The number of benzene rings is 8. The molecular weight excluding hydrogens is 691 g/mol. The summed E-state index contributed by atoms with van der Waals surface area (Å²) in [7, 11) is 0. The molecule has 0 spiro atoms. The number of para-hydroxylation sites is 1. The van der Waals surface area contributed by atoms with Crippen molar-refractivity contribution in [2.24, 2.45) is 0 Å². The van der Waals surface area contributed by atoms with E-state index in [1.165, 1.54) is 90.5 Å². The lowest BCUT2D eigenvalue weighted by Gasteiger charge is -2.28. The van der Waals surface area contributed by atoms with Gasteiger partial charge in [0.1, 0.15) is 0 Å². The van der Waals surface area contributed by atoms with Crippen molar-refractivity contribution < 1.29 is 0 Å². The van der Waals surface area contributed by atoms with Gasteiger partial charge in [0.15, 0.2) is 0 Å². The van der Waals surface area contributed by atoms with Crippen molar-refractivity contribution in [2.75, 3.05) is 4.90 Å². The maximum absolute atomic E-state index is 2.40. The molecule has 0 amide bonds. The molecule has 0 saturated carbocycles. The Morgan fingerprint density at radius 2 is 0.889 bits per heavy atom. The lowest BCUT2D eigenvalue weighted by atomic mass is 9.82. The van der Waals surface area contributed by atoms with Crippen LogP contribution in [0.25, 0.3) is 73.7 Å². The van der Waals surface area contributed by atoms with Gasteiger partial charge in [-0.05, 0) is 117 Å². The van der Waals surface area contributed by atoms with Crippen LogP contribution in [-0.4, -0.2) is 0 Å². The number of hydrogen-bond acceptors (Lipinski definition) is 3. The fraction of sp³-hybridized carbons (Fsp3) is 0.0588. The Kier molecular flexibility index (Phi) is 7.01. The molecule has 0 atom stereocenters. The largest absolute Gasteiger partial charge is 0.310 e. The van der Waals surface area contributed by atoms with Crippen LogP contribution in [0.4, 0.5) is 17.1 Å². The van der Waals surface area contributed by atoms with E-state index in [0.29, 0.717) is 0 Å². The Morgan fingerprint density at radius 1 is 0.352 bits per heavy atom. The van der Waals surface area contributed by atoms with Crippen LogP contribution >= 0.6 is 22.7 Å². The molecule has 0 N–H and O–H groups in total. The van der Waals surface area contributed by atoms with Crippen molar-refractivity contribution in [1.82, 2.24) is 0 Å². The van der Waals surface area contributed by atoms with Gasteiger partial charge in [-0.15, -0.1) is 22.7 Å². The second kappa shape index (κ2) is 12.0. The molecule has 1 aliphatic carbocycles. The molecule has 0 fully saturated rings. The van der Waals surface area contributed by atoms with Gasteiger partial charge in [-0.1, -0.05) is 117 Å². The summed E-state index contributed by atoms with van der Waals surface area (Å²) in [5.41, 5.74) is 13.8. The minimum Gasteiger partial charge on any atom is -0.310 e.